The quantitative estimate of drug-likeness (QED) is 0.873. The second-order valence-corrected chi connectivity index (χ2v) is 6.88. The number of benzene rings is 1. The molecule has 7 heteroatoms. The number of hydrogen-bond acceptors (Lipinski definition) is 5. The van der Waals surface area contributed by atoms with Crippen molar-refractivity contribution < 1.29 is 19.1 Å². The van der Waals surface area contributed by atoms with E-state index in [1.807, 2.05) is 18.2 Å². The molecule has 3 fully saturated rings. The third-order valence-corrected chi connectivity index (χ3v) is 5.13. The molecular formula is C18H23N3O4. The lowest BCUT2D eigenvalue weighted by Crippen LogP contribution is -2.44. The molecular weight excluding hydrogens is 322 g/mol. The average molecular weight is 345 g/mol. The van der Waals surface area contributed by atoms with Gasteiger partial charge >= 0.3 is 6.09 Å². The molecule has 134 valence electrons. The molecule has 0 spiro atoms. The predicted molar refractivity (Wildman–Crippen MR) is 90.0 cm³/mol. The number of morpholine rings is 1. The number of hydrogen-bond donors (Lipinski definition) is 1. The monoisotopic (exact) mass is 345 g/mol. The minimum atomic E-state index is -0.405. The molecule has 25 heavy (non-hydrogen) atoms. The maximum Gasteiger partial charge on any atom is 0.410 e. The van der Waals surface area contributed by atoms with Gasteiger partial charge in [0, 0.05) is 25.2 Å². The molecule has 0 radical (unpaired) electrons. The normalized spacial score (nSPS) is 29.4. The predicted octanol–water partition coefficient (Wildman–Crippen LogP) is 0.769. The first-order chi connectivity index (χ1) is 12.2. The minimum absolute atomic E-state index is 0.0726. The van der Waals surface area contributed by atoms with Gasteiger partial charge in [-0.2, -0.15) is 0 Å². The van der Waals surface area contributed by atoms with Gasteiger partial charge in [0.25, 0.3) is 0 Å². The van der Waals surface area contributed by atoms with E-state index >= 15 is 0 Å². The minimum Gasteiger partial charge on any atom is -0.448 e. The summed E-state index contributed by atoms with van der Waals surface area (Å²) in [6, 6.07) is 10.7. The molecule has 4 rings (SSSR count). The van der Waals surface area contributed by atoms with Crippen molar-refractivity contribution in [3.05, 3.63) is 35.9 Å². The van der Waals surface area contributed by atoms with Gasteiger partial charge in [-0.25, -0.2) is 4.79 Å². The van der Waals surface area contributed by atoms with E-state index in [1.165, 1.54) is 10.5 Å². The zero-order chi connectivity index (χ0) is 17.2. The number of nitrogens with zero attached hydrogens (tertiary/aromatic N) is 2. The van der Waals surface area contributed by atoms with Crippen LogP contribution in [0.1, 0.15) is 18.1 Å². The van der Waals surface area contributed by atoms with Crippen molar-refractivity contribution in [1.82, 2.24) is 15.1 Å². The number of ether oxygens (including phenoxy) is 2. The Morgan fingerprint density at radius 2 is 2.08 bits per heavy atom. The van der Waals surface area contributed by atoms with Gasteiger partial charge in [0.05, 0.1) is 19.3 Å². The van der Waals surface area contributed by atoms with Crippen LogP contribution in [0.15, 0.2) is 30.3 Å². The van der Waals surface area contributed by atoms with Crippen LogP contribution in [0.3, 0.4) is 0 Å². The third-order valence-electron chi connectivity index (χ3n) is 5.13. The van der Waals surface area contributed by atoms with Crippen LogP contribution in [0.25, 0.3) is 0 Å². The van der Waals surface area contributed by atoms with E-state index in [2.05, 4.69) is 22.3 Å². The molecule has 0 bridgehead atoms. The lowest BCUT2D eigenvalue weighted by Gasteiger charge is -2.35. The molecule has 3 aliphatic rings. The number of carbonyl (C=O) groups is 2. The molecule has 0 unspecified atom stereocenters. The molecule has 0 aliphatic carbocycles. The Morgan fingerprint density at radius 3 is 2.84 bits per heavy atom. The molecule has 3 heterocycles. The number of fused-ring (bicyclic) bond motifs is 1. The first kappa shape index (κ1) is 16.4. The summed E-state index contributed by atoms with van der Waals surface area (Å²) in [5.74, 6) is -0.121. The highest BCUT2D eigenvalue weighted by atomic mass is 16.6. The van der Waals surface area contributed by atoms with E-state index in [0.29, 0.717) is 25.8 Å². The summed E-state index contributed by atoms with van der Waals surface area (Å²) in [5, 5.41) is 3.05. The fraction of sp³-hybridized carbons (Fsp3) is 0.556. The molecule has 3 atom stereocenters. The molecule has 0 aromatic heterocycles. The summed E-state index contributed by atoms with van der Waals surface area (Å²) in [5.41, 5.74) is 1.20. The molecule has 3 aliphatic heterocycles. The van der Waals surface area contributed by atoms with Crippen molar-refractivity contribution in [2.75, 3.05) is 39.4 Å². The first-order valence-electron chi connectivity index (χ1n) is 8.80. The third kappa shape index (κ3) is 3.62. The number of amides is 2. The van der Waals surface area contributed by atoms with Gasteiger partial charge in [-0.3, -0.25) is 14.6 Å². The van der Waals surface area contributed by atoms with Crippen molar-refractivity contribution in [2.24, 2.45) is 0 Å². The first-order valence-corrected chi connectivity index (χ1v) is 8.80. The van der Waals surface area contributed by atoms with Crippen molar-refractivity contribution >= 4 is 12.0 Å². The summed E-state index contributed by atoms with van der Waals surface area (Å²) < 4.78 is 10.9. The smallest absolute Gasteiger partial charge is 0.410 e. The van der Waals surface area contributed by atoms with Gasteiger partial charge in [0.1, 0.15) is 13.2 Å². The Balaban J connectivity index is 1.29. The number of carbonyl (C=O) groups excluding carboxylic acids is 2. The summed E-state index contributed by atoms with van der Waals surface area (Å²) in [6.45, 7) is 3.28. The Labute approximate surface area is 146 Å². The lowest BCUT2D eigenvalue weighted by molar-refractivity contribution is -0.122. The maximum absolute atomic E-state index is 12.2. The zero-order valence-electron chi connectivity index (χ0n) is 14.1. The highest BCUT2D eigenvalue weighted by Crippen LogP contribution is 2.30. The summed E-state index contributed by atoms with van der Waals surface area (Å²) in [6.07, 6.45) is 0.571. The lowest BCUT2D eigenvalue weighted by atomic mass is 10.1. The SMILES string of the molecule is O=C(CN1CCOC1=O)N[C@H]1C[C@H]2CO[C@@H](c3ccccc3)CN2C1. The van der Waals surface area contributed by atoms with Crippen molar-refractivity contribution in [2.45, 2.75) is 24.6 Å². The molecule has 1 aromatic rings. The van der Waals surface area contributed by atoms with Gasteiger partial charge in [0.2, 0.25) is 5.91 Å². The van der Waals surface area contributed by atoms with E-state index in [9.17, 15) is 9.59 Å². The number of nitrogens with one attached hydrogen (secondary N) is 1. The molecule has 2 amide bonds. The van der Waals surface area contributed by atoms with Crippen molar-refractivity contribution in [3.8, 4) is 0 Å². The van der Waals surface area contributed by atoms with Gasteiger partial charge in [0.15, 0.2) is 0 Å². The van der Waals surface area contributed by atoms with Crippen LogP contribution in [-0.2, 0) is 14.3 Å². The van der Waals surface area contributed by atoms with Crippen LogP contribution < -0.4 is 5.32 Å². The second kappa shape index (κ2) is 7.01. The summed E-state index contributed by atoms with van der Waals surface area (Å²) in [4.78, 5) is 27.4. The topological polar surface area (TPSA) is 71.1 Å². The van der Waals surface area contributed by atoms with E-state index in [1.54, 1.807) is 0 Å². The van der Waals surface area contributed by atoms with Crippen LogP contribution >= 0.6 is 0 Å². The fourth-order valence-electron chi connectivity index (χ4n) is 3.86. The Hall–Kier alpha value is -2.12. The van der Waals surface area contributed by atoms with Crippen LogP contribution in [0, 0.1) is 0 Å². The van der Waals surface area contributed by atoms with E-state index in [4.69, 9.17) is 9.47 Å². The van der Waals surface area contributed by atoms with Gasteiger partial charge in [-0.15, -0.1) is 0 Å². The average Bonchev–Trinajstić information content (AvgIpc) is 3.20. The van der Waals surface area contributed by atoms with E-state index in [0.717, 1.165) is 19.5 Å². The Morgan fingerprint density at radius 1 is 1.24 bits per heavy atom. The molecule has 3 saturated heterocycles. The van der Waals surface area contributed by atoms with E-state index in [-0.39, 0.29) is 24.6 Å². The fourth-order valence-corrected chi connectivity index (χ4v) is 3.86. The van der Waals surface area contributed by atoms with Crippen LogP contribution in [0.2, 0.25) is 0 Å². The number of cyclic esters (lactones) is 1. The Kier molecular flexibility index (Phi) is 4.59. The summed E-state index contributed by atoms with van der Waals surface area (Å²) >= 11 is 0. The number of rotatable bonds is 4. The van der Waals surface area contributed by atoms with Gasteiger partial charge in [-0.05, 0) is 12.0 Å². The molecule has 0 saturated carbocycles. The highest BCUT2D eigenvalue weighted by molar-refractivity contribution is 5.83. The second-order valence-electron chi connectivity index (χ2n) is 6.88. The van der Waals surface area contributed by atoms with Crippen LogP contribution in [0.4, 0.5) is 4.79 Å². The largest absolute Gasteiger partial charge is 0.448 e. The standard InChI is InChI=1S/C18H23N3O4/c22-17(11-20-6-7-24-18(20)23)19-14-8-15-12-25-16(10-21(15)9-14)13-4-2-1-3-5-13/h1-5,14-16H,6-12H2,(H,19,22)/t14-,15-,16+/m0/s1. The zero-order valence-corrected chi connectivity index (χ0v) is 14.1. The molecule has 7 nitrogen and oxygen atoms in total. The molecule has 1 N–H and O–H groups in total. The maximum atomic E-state index is 12.2. The van der Waals surface area contributed by atoms with Gasteiger partial charge in [-0.1, -0.05) is 30.3 Å². The van der Waals surface area contributed by atoms with E-state index < -0.39 is 6.09 Å². The van der Waals surface area contributed by atoms with Crippen molar-refractivity contribution in [3.63, 3.8) is 0 Å². The molecule has 1 aromatic carbocycles. The van der Waals surface area contributed by atoms with Crippen molar-refractivity contribution in [1.29, 1.82) is 0 Å². The summed E-state index contributed by atoms with van der Waals surface area (Å²) in [7, 11) is 0. The van der Waals surface area contributed by atoms with Crippen LogP contribution in [0.5, 0.6) is 0 Å². The Bertz CT molecular complexity index is 638. The highest BCUT2D eigenvalue weighted by Gasteiger charge is 2.38. The van der Waals surface area contributed by atoms with Crippen LogP contribution in [-0.4, -0.2) is 73.3 Å². The van der Waals surface area contributed by atoms with Gasteiger partial charge < -0.3 is 14.8 Å².